The fourth-order valence-electron chi connectivity index (χ4n) is 2.35. The van der Waals surface area contributed by atoms with E-state index in [4.69, 9.17) is 11.6 Å². The Hall–Kier alpha value is -1.98. The van der Waals surface area contributed by atoms with Crippen molar-refractivity contribution >= 4 is 46.0 Å². The summed E-state index contributed by atoms with van der Waals surface area (Å²) in [5.74, 6) is -0.0815. The standard InChI is InChI=1S/C18H18ClN3OS/c1-10-7-8-15-16(9-10)22-18(21-15)24-12(3)17(23)20-14-6-4-5-13(19)11(14)2/h4-9,12H,1-3H3,(H,20,23)(H,21,22). The minimum atomic E-state index is -0.287. The molecule has 1 amide bonds. The molecular formula is C18H18ClN3OS. The minimum absolute atomic E-state index is 0.0815. The second-order valence-electron chi connectivity index (χ2n) is 5.72. The third-order valence-corrected chi connectivity index (χ3v) is 5.19. The van der Waals surface area contributed by atoms with Crippen LogP contribution in [0.5, 0.6) is 0 Å². The zero-order valence-electron chi connectivity index (χ0n) is 13.7. The summed E-state index contributed by atoms with van der Waals surface area (Å²) < 4.78 is 0. The Morgan fingerprint density at radius 1 is 1.29 bits per heavy atom. The number of amides is 1. The average molecular weight is 360 g/mol. The number of rotatable bonds is 4. The number of hydrogen-bond acceptors (Lipinski definition) is 3. The molecule has 3 aromatic rings. The molecule has 2 N–H and O–H groups in total. The third-order valence-electron chi connectivity index (χ3n) is 3.80. The van der Waals surface area contributed by atoms with E-state index in [1.807, 2.05) is 51.1 Å². The number of aromatic nitrogens is 2. The molecule has 0 fully saturated rings. The quantitative estimate of drug-likeness (QED) is 0.648. The monoisotopic (exact) mass is 359 g/mol. The van der Waals surface area contributed by atoms with E-state index in [0.717, 1.165) is 27.4 Å². The first kappa shape index (κ1) is 16.9. The number of hydrogen-bond donors (Lipinski definition) is 2. The van der Waals surface area contributed by atoms with E-state index in [9.17, 15) is 4.79 Å². The lowest BCUT2D eigenvalue weighted by molar-refractivity contribution is -0.115. The molecule has 0 saturated carbocycles. The van der Waals surface area contributed by atoms with Crippen molar-refractivity contribution in [2.75, 3.05) is 5.32 Å². The van der Waals surface area contributed by atoms with Crippen LogP contribution in [0, 0.1) is 13.8 Å². The van der Waals surface area contributed by atoms with E-state index < -0.39 is 0 Å². The van der Waals surface area contributed by atoms with Crippen LogP contribution >= 0.6 is 23.4 Å². The number of carbonyl (C=O) groups excluding carboxylic acids is 1. The van der Waals surface area contributed by atoms with Gasteiger partial charge in [0.15, 0.2) is 5.16 Å². The van der Waals surface area contributed by atoms with Crippen molar-refractivity contribution < 1.29 is 4.79 Å². The molecule has 124 valence electrons. The van der Waals surface area contributed by atoms with E-state index in [-0.39, 0.29) is 11.2 Å². The van der Waals surface area contributed by atoms with Crippen molar-refractivity contribution in [2.45, 2.75) is 31.2 Å². The summed E-state index contributed by atoms with van der Waals surface area (Å²) in [6.07, 6.45) is 0. The SMILES string of the molecule is Cc1ccc2nc(SC(C)C(=O)Nc3cccc(Cl)c3C)[nH]c2c1. The maximum Gasteiger partial charge on any atom is 0.237 e. The number of aryl methyl sites for hydroxylation is 1. The molecule has 24 heavy (non-hydrogen) atoms. The van der Waals surface area contributed by atoms with E-state index in [1.54, 1.807) is 6.07 Å². The van der Waals surface area contributed by atoms with Crippen LogP contribution < -0.4 is 5.32 Å². The van der Waals surface area contributed by atoms with Gasteiger partial charge in [-0.2, -0.15) is 0 Å². The van der Waals surface area contributed by atoms with Crippen LogP contribution in [0.4, 0.5) is 5.69 Å². The van der Waals surface area contributed by atoms with E-state index in [2.05, 4.69) is 15.3 Å². The molecular weight excluding hydrogens is 342 g/mol. The molecule has 0 aliphatic carbocycles. The Balaban J connectivity index is 1.72. The van der Waals surface area contributed by atoms with Crippen LogP contribution in [-0.2, 0) is 4.79 Å². The average Bonchev–Trinajstić information content (AvgIpc) is 2.93. The highest BCUT2D eigenvalue weighted by molar-refractivity contribution is 8.00. The fraction of sp³-hybridized carbons (Fsp3) is 0.222. The number of fused-ring (bicyclic) bond motifs is 1. The second-order valence-corrected chi connectivity index (χ2v) is 7.46. The molecule has 3 rings (SSSR count). The summed E-state index contributed by atoms with van der Waals surface area (Å²) >= 11 is 7.49. The van der Waals surface area contributed by atoms with Crippen molar-refractivity contribution in [1.29, 1.82) is 0 Å². The van der Waals surface area contributed by atoms with Gasteiger partial charge in [-0.3, -0.25) is 4.79 Å². The first-order valence-electron chi connectivity index (χ1n) is 7.63. The summed E-state index contributed by atoms with van der Waals surface area (Å²) in [6.45, 7) is 5.78. The predicted molar refractivity (Wildman–Crippen MR) is 101 cm³/mol. The molecule has 0 aliphatic rings. The summed E-state index contributed by atoms with van der Waals surface area (Å²) in [5.41, 5.74) is 4.66. The summed E-state index contributed by atoms with van der Waals surface area (Å²) in [4.78, 5) is 20.2. The highest BCUT2D eigenvalue weighted by Crippen LogP contribution is 2.27. The number of aromatic amines is 1. The Bertz CT molecular complexity index is 906. The largest absolute Gasteiger partial charge is 0.333 e. The lowest BCUT2D eigenvalue weighted by Gasteiger charge is -2.13. The molecule has 0 bridgehead atoms. The molecule has 0 aliphatic heterocycles. The van der Waals surface area contributed by atoms with Crippen molar-refractivity contribution in [1.82, 2.24) is 9.97 Å². The highest BCUT2D eigenvalue weighted by Gasteiger charge is 2.17. The van der Waals surface area contributed by atoms with Crippen LogP contribution in [0.1, 0.15) is 18.1 Å². The summed E-state index contributed by atoms with van der Waals surface area (Å²) in [6, 6.07) is 11.5. The molecule has 1 unspecified atom stereocenters. The van der Waals surface area contributed by atoms with Crippen LogP contribution in [0.2, 0.25) is 5.02 Å². The van der Waals surface area contributed by atoms with Crippen molar-refractivity contribution in [3.63, 3.8) is 0 Å². The normalized spacial score (nSPS) is 12.3. The number of anilines is 1. The number of thioether (sulfide) groups is 1. The summed E-state index contributed by atoms with van der Waals surface area (Å²) in [7, 11) is 0. The first-order chi connectivity index (χ1) is 11.4. The van der Waals surface area contributed by atoms with Crippen molar-refractivity contribution in [3.8, 4) is 0 Å². The van der Waals surface area contributed by atoms with E-state index in [0.29, 0.717) is 5.02 Å². The zero-order chi connectivity index (χ0) is 17.3. The van der Waals surface area contributed by atoms with Gasteiger partial charge in [0.1, 0.15) is 0 Å². The van der Waals surface area contributed by atoms with E-state index in [1.165, 1.54) is 17.3 Å². The van der Waals surface area contributed by atoms with Crippen molar-refractivity contribution in [3.05, 3.63) is 52.5 Å². The van der Waals surface area contributed by atoms with Gasteiger partial charge in [-0.25, -0.2) is 4.98 Å². The Morgan fingerprint density at radius 3 is 2.88 bits per heavy atom. The molecule has 6 heteroatoms. The maximum atomic E-state index is 12.4. The number of imidazole rings is 1. The van der Waals surface area contributed by atoms with Gasteiger partial charge in [0.2, 0.25) is 5.91 Å². The van der Waals surface area contributed by atoms with Gasteiger partial charge in [0, 0.05) is 10.7 Å². The molecule has 2 aromatic carbocycles. The number of H-pyrrole nitrogens is 1. The number of benzene rings is 2. The van der Waals surface area contributed by atoms with Gasteiger partial charge >= 0.3 is 0 Å². The predicted octanol–water partition coefficient (Wildman–Crippen LogP) is 4.95. The zero-order valence-corrected chi connectivity index (χ0v) is 15.3. The fourth-order valence-corrected chi connectivity index (χ4v) is 3.35. The van der Waals surface area contributed by atoms with Gasteiger partial charge in [-0.05, 0) is 56.2 Å². The number of halogens is 1. The molecule has 1 atom stereocenters. The molecule has 0 saturated heterocycles. The van der Waals surface area contributed by atoms with Crippen LogP contribution in [-0.4, -0.2) is 21.1 Å². The Morgan fingerprint density at radius 2 is 2.08 bits per heavy atom. The lowest BCUT2D eigenvalue weighted by atomic mass is 10.2. The Labute approximate surface area is 150 Å². The van der Waals surface area contributed by atoms with Gasteiger partial charge in [-0.15, -0.1) is 0 Å². The topological polar surface area (TPSA) is 57.8 Å². The first-order valence-corrected chi connectivity index (χ1v) is 8.89. The van der Waals surface area contributed by atoms with Crippen LogP contribution in [0.25, 0.3) is 11.0 Å². The number of carbonyl (C=O) groups is 1. The Kier molecular flexibility index (Phi) is 4.83. The van der Waals surface area contributed by atoms with Gasteiger partial charge < -0.3 is 10.3 Å². The maximum absolute atomic E-state index is 12.4. The molecule has 4 nitrogen and oxygen atoms in total. The van der Waals surface area contributed by atoms with Crippen LogP contribution in [0.15, 0.2) is 41.6 Å². The van der Waals surface area contributed by atoms with E-state index >= 15 is 0 Å². The molecule has 0 radical (unpaired) electrons. The number of nitrogens with zero attached hydrogens (tertiary/aromatic N) is 1. The van der Waals surface area contributed by atoms with Gasteiger partial charge in [-0.1, -0.05) is 35.5 Å². The summed E-state index contributed by atoms with van der Waals surface area (Å²) in [5, 5.41) is 4.02. The molecule has 1 aromatic heterocycles. The van der Waals surface area contributed by atoms with Crippen molar-refractivity contribution in [2.24, 2.45) is 0 Å². The third kappa shape index (κ3) is 3.57. The van der Waals surface area contributed by atoms with Gasteiger partial charge in [0.25, 0.3) is 0 Å². The van der Waals surface area contributed by atoms with Crippen LogP contribution in [0.3, 0.4) is 0 Å². The van der Waals surface area contributed by atoms with Gasteiger partial charge in [0.05, 0.1) is 16.3 Å². The lowest BCUT2D eigenvalue weighted by Crippen LogP contribution is -2.23. The molecule has 0 spiro atoms. The highest BCUT2D eigenvalue weighted by atomic mass is 35.5. The molecule has 1 heterocycles. The number of nitrogens with one attached hydrogen (secondary N) is 2. The smallest absolute Gasteiger partial charge is 0.237 e. The minimum Gasteiger partial charge on any atom is -0.333 e. The second kappa shape index (κ2) is 6.87.